The van der Waals surface area contributed by atoms with Crippen LogP contribution in [0.25, 0.3) is 15.4 Å². The number of rotatable bonds is 5. The van der Waals surface area contributed by atoms with Crippen LogP contribution in [-0.2, 0) is 0 Å². The predicted molar refractivity (Wildman–Crippen MR) is 124 cm³/mol. The molecule has 1 saturated heterocycles. The van der Waals surface area contributed by atoms with Crippen molar-refractivity contribution in [3.05, 3.63) is 64.3 Å². The molecule has 0 bridgehead atoms. The number of hydrogen-bond donors (Lipinski definition) is 1. The number of aryl methyl sites for hydroxylation is 1. The molecule has 0 spiro atoms. The number of aromatic nitrogens is 3. The Morgan fingerprint density at radius 2 is 2.18 bits per heavy atom. The molecule has 2 fully saturated rings. The summed E-state index contributed by atoms with van der Waals surface area (Å²) in [6.45, 7) is 2.22. The van der Waals surface area contributed by atoms with Crippen LogP contribution in [0.1, 0.15) is 38.8 Å². The first-order valence-corrected chi connectivity index (χ1v) is 12.4. The minimum absolute atomic E-state index is 0.0987. The van der Waals surface area contributed by atoms with Gasteiger partial charge in [0.1, 0.15) is 17.2 Å². The molecule has 10 heteroatoms. The number of piperidine rings is 1. The Morgan fingerprint density at radius 3 is 3.03 bits per heavy atom. The summed E-state index contributed by atoms with van der Waals surface area (Å²) in [7, 11) is 0. The Kier molecular flexibility index (Phi) is 4.81. The fourth-order valence-electron chi connectivity index (χ4n) is 4.77. The molecule has 1 aliphatic carbocycles. The summed E-state index contributed by atoms with van der Waals surface area (Å²) in [5, 5.41) is 5.63. The zero-order chi connectivity index (χ0) is 22.7. The van der Waals surface area contributed by atoms with Gasteiger partial charge >= 0.3 is 0 Å². The number of fused-ring (bicyclic) bond motifs is 2. The van der Waals surface area contributed by atoms with Gasteiger partial charge in [-0.1, -0.05) is 12.1 Å². The molecule has 0 unspecified atom stereocenters. The second-order valence-electron chi connectivity index (χ2n) is 8.50. The Bertz CT molecular complexity index is 1390. The molecule has 7 nitrogen and oxygen atoms in total. The van der Waals surface area contributed by atoms with Gasteiger partial charge in [0.15, 0.2) is 4.96 Å². The summed E-state index contributed by atoms with van der Waals surface area (Å²) >= 11 is 2.86. The first-order valence-electron chi connectivity index (χ1n) is 10.7. The fourth-order valence-corrected chi connectivity index (χ4v) is 6.37. The molecule has 0 radical (unpaired) electrons. The Hall–Kier alpha value is -3.11. The normalized spacial score (nSPS) is 21.4. The number of likely N-dealkylation sites (tertiary alicyclic amines) is 1. The first kappa shape index (κ1) is 20.5. The van der Waals surface area contributed by atoms with Gasteiger partial charge in [-0.3, -0.25) is 14.0 Å². The van der Waals surface area contributed by atoms with Crippen molar-refractivity contribution in [2.75, 3.05) is 6.54 Å². The number of imidazole rings is 1. The molecule has 1 aliphatic heterocycles. The number of nitrogens with zero attached hydrogens (tertiary/aromatic N) is 4. The highest BCUT2D eigenvalue weighted by Gasteiger charge is 2.54. The van der Waals surface area contributed by atoms with Crippen LogP contribution in [0.15, 0.2) is 42.0 Å². The molecule has 1 N–H and O–H groups in total. The van der Waals surface area contributed by atoms with E-state index in [-0.39, 0.29) is 29.7 Å². The van der Waals surface area contributed by atoms with Gasteiger partial charge in [-0.25, -0.2) is 14.4 Å². The van der Waals surface area contributed by atoms with E-state index in [0.717, 1.165) is 22.8 Å². The number of carbonyl (C=O) groups is 2. The number of halogens is 1. The van der Waals surface area contributed by atoms with Gasteiger partial charge in [0.05, 0.1) is 22.1 Å². The van der Waals surface area contributed by atoms with E-state index >= 15 is 0 Å². The van der Waals surface area contributed by atoms with E-state index in [1.807, 2.05) is 23.4 Å². The molecule has 4 heterocycles. The van der Waals surface area contributed by atoms with Gasteiger partial charge in [0.25, 0.3) is 11.8 Å². The van der Waals surface area contributed by atoms with Crippen LogP contribution in [0, 0.1) is 18.7 Å². The predicted octanol–water partition coefficient (Wildman–Crippen LogP) is 4.00. The highest BCUT2D eigenvalue weighted by Crippen LogP contribution is 2.48. The summed E-state index contributed by atoms with van der Waals surface area (Å²) in [6.07, 6.45) is 5.22. The third-order valence-corrected chi connectivity index (χ3v) is 8.14. The summed E-state index contributed by atoms with van der Waals surface area (Å²) in [6, 6.07) is 6.34. The number of hydrogen-bond acceptors (Lipinski definition) is 6. The quantitative estimate of drug-likeness (QED) is 0.467. The van der Waals surface area contributed by atoms with Gasteiger partial charge in [0, 0.05) is 24.2 Å². The maximum absolute atomic E-state index is 13.8. The maximum Gasteiger partial charge on any atom is 0.274 e. The van der Waals surface area contributed by atoms with E-state index in [9.17, 15) is 14.0 Å². The number of nitrogens with one attached hydrogen (secondary N) is 1. The molecule has 4 aromatic rings. The van der Waals surface area contributed by atoms with Crippen LogP contribution in [0.2, 0.25) is 0 Å². The van der Waals surface area contributed by atoms with Gasteiger partial charge < -0.3 is 10.2 Å². The van der Waals surface area contributed by atoms with Crippen molar-refractivity contribution in [1.29, 1.82) is 0 Å². The van der Waals surface area contributed by atoms with Gasteiger partial charge in [-0.15, -0.1) is 22.7 Å². The molecule has 2 aliphatic rings. The molecule has 33 heavy (non-hydrogen) atoms. The lowest BCUT2D eigenvalue weighted by Gasteiger charge is -2.27. The molecule has 3 atom stereocenters. The average Bonchev–Trinajstić information content (AvgIpc) is 3.21. The van der Waals surface area contributed by atoms with Crippen molar-refractivity contribution in [3.8, 4) is 10.4 Å². The number of carbonyl (C=O) groups excluding carboxylic acids is 2. The highest BCUT2D eigenvalue weighted by atomic mass is 32.1. The second-order valence-corrected chi connectivity index (χ2v) is 10.6. The molecule has 168 valence electrons. The lowest BCUT2D eigenvalue weighted by molar-refractivity contribution is 0.0684. The zero-order valence-corrected chi connectivity index (χ0v) is 19.3. The van der Waals surface area contributed by atoms with Crippen LogP contribution in [0.4, 0.5) is 4.39 Å². The van der Waals surface area contributed by atoms with E-state index in [2.05, 4.69) is 15.3 Å². The smallest absolute Gasteiger partial charge is 0.274 e. The van der Waals surface area contributed by atoms with Gasteiger partial charge in [-0.2, -0.15) is 0 Å². The molecular formula is C23H20FN5O2S2. The first-order chi connectivity index (χ1) is 16.0. The number of amides is 2. The van der Waals surface area contributed by atoms with Crippen molar-refractivity contribution in [1.82, 2.24) is 24.6 Å². The van der Waals surface area contributed by atoms with Gasteiger partial charge in [0.2, 0.25) is 0 Å². The van der Waals surface area contributed by atoms with Crippen molar-refractivity contribution < 1.29 is 14.0 Å². The van der Waals surface area contributed by atoms with Crippen LogP contribution in [-0.4, -0.2) is 49.7 Å². The monoisotopic (exact) mass is 481 g/mol. The van der Waals surface area contributed by atoms with Crippen molar-refractivity contribution in [2.24, 2.45) is 5.92 Å². The summed E-state index contributed by atoms with van der Waals surface area (Å²) in [4.78, 5) is 38.5. The number of thiazole rings is 2. The lowest BCUT2D eigenvalue weighted by atomic mass is 10.1. The summed E-state index contributed by atoms with van der Waals surface area (Å²) in [5.74, 6) is -0.237. The Labute approximate surface area is 196 Å². The molecule has 3 aromatic heterocycles. The second kappa shape index (κ2) is 7.74. The summed E-state index contributed by atoms with van der Waals surface area (Å²) in [5.41, 5.74) is 1.50. The van der Waals surface area contributed by atoms with E-state index in [1.54, 1.807) is 22.7 Å². The van der Waals surface area contributed by atoms with Crippen molar-refractivity contribution in [2.45, 2.75) is 31.8 Å². The van der Waals surface area contributed by atoms with E-state index < -0.39 is 0 Å². The van der Waals surface area contributed by atoms with Crippen LogP contribution in [0.3, 0.4) is 0 Å². The SMILES string of the molecule is Cc1nc(C(=O)N2[C@H](CNC(=O)c3cnc4sccn34)C[C@@H]3C[C@@H]32)c(-c2cccc(F)c2)s1. The van der Waals surface area contributed by atoms with E-state index in [0.29, 0.717) is 34.3 Å². The Morgan fingerprint density at radius 1 is 1.30 bits per heavy atom. The molecular weight excluding hydrogens is 461 g/mol. The van der Waals surface area contributed by atoms with Crippen LogP contribution in [0.5, 0.6) is 0 Å². The molecule has 2 amide bonds. The zero-order valence-electron chi connectivity index (χ0n) is 17.7. The van der Waals surface area contributed by atoms with Crippen LogP contribution >= 0.6 is 22.7 Å². The highest BCUT2D eigenvalue weighted by molar-refractivity contribution is 7.15. The minimum atomic E-state index is -0.347. The Balaban J connectivity index is 1.23. The number of benzene rings is 1. The fraction of sp³-hybridized carbons (Fsp3) is 0.304. The van der Waals surface area contributed by atoms with E-state index in [4.69, 9.17) is 0 Å². The third kappa shape index (κ3) is 3.53. The average molecular weight is 482 g/mol. The third-order valence-electron chi connectivity index (χ3n) is 6.35. The van der Waals surface area contributed by atoms with E-state index in [1.165, 1.54) is 34.8 Å². The topological polar surface area (TPSA) is 79.6 Å². The largest absolute Gasteiger partial charge is 0.349 e. The molecule has 1 aromatic carbocycles. The molecule has 6 rings (SSSR count). The maximum atomic E-state index is 13.8. The summed E-state index contributed by atoms with van der Waals surface area (Å²) < 4.78 is 15.6. The standard InChI is InChI=1S/C23H20FN5O2S2/c1-12-27-19(20(33-12)13-3-2-4-15(24)7-13)22(31)29-16(8-14-9-17(14)29)10-25-21(30)18-11-26-23-28(18)5-6-32-23/h2-7,11,14,16-17H,8-10H2,1H3,(H,25,30)/t14-,16+,17+/m1/s1. The van der Waals surface area contributed by atoms with Crippen LogP contribution < -0.4 is 5.32 Å². The lowest BCUT2D eigenvalue weighted by Crippen LogP contribution is -2.45. The van der Waals surface area contributed by atoms with Crippen molar-refractivity contribution >= 4 is 39.4 Å². The minimum Gasteiger partial charge on any atom is -0.349 e. The van der Waals surface area contributed by atoms with Gasteiger partial charge in [-0.05, 0) is 43.4 Å². The van der Waals surface area contributed by atoms with Crippen molar-refractivity contribution in [3.63, 3.8) is 0 Å². The molecule has 1 saturated carbocycles.